The molecule has 0 aliphatic heterocycles. The van der Waals surface area contributed by atoms with E-state index in [9.17, 15) is 9.59 Å². The van der Waals surface area contributed by atoms with Crippen molar-refractivity contribution < 1.29 is 19.1 Å². The van der Waals surface area contributed by atoms with Gasteiger partial charge in [-0.2, -0.15) is 0 Å². The quantitative estimate of drug-likeness (QED) is 0.579. The third-order valence-corrected chi connectivity index (χ3v) is 3.63. The molecule has 0 saturated carbocycles. The Hall–Kier alpha value is -2.79. The predicted octanol–water partition coefficient (Wildman–Crippen LogP) is 4.32. The lowest BCUT2D eigenvalue weighted by atomic mass is 10.2. The van der Waals surface area contributed by atoms with E-state index in [0.717, 1.165) is 11.3 Å². The maximum Gasteiger partial charge on any atom is 0.331 e. The van der Waals surface area contributed by atoms with Gasteiger partial charge in [0.1, 0.15) is 5.75 Å². The van der Waals surface area contributed by atoms with Crippen LogP contribution >= 0.6 is 11.6 Å². The van der Waals surface area contributed by atoms with Crippen molar-refractivity contribution in [2.45, 2.75) is 20.0 Å². The number of amides is 1. The highest BCUT2D eigenvalue weighted by Crippen LogP contribution is 2.16. The number of benzene rings is 2. The minimum Gasteiger partial charge on any atom is -0.494 e. The summed E-state index contributed by atoms with van der Waals surface area (Å²) in [5.74, 6) is -0.297. The van der Waals surface area contributed by atoms with Gasteiger partial charge in [0.05, 0.1) is 6.61 Å². The molecule has 1 N–H and O–H groups in total. The molecule has 2 aromatic carbocycles. The lowest BCUT2D eigenvalue weighted by molar-refractivity contribution is -0.148. The molecule has 0 radical (unpaired) electrons. The van der Waals surface area contributed by atoms with Gasteiger partial charge in [0.2, 0.25) is 0 Å². The summed E-state index contributed by atoms with van der Waals surface area (Å²) in [5.41, 5.74) is 1.40. The first-order valence-corrected chi connectivity index (χ1v) is 8.53. The largest absolute Gasteiger partial charge is 0.494 e. The zero-order chi connectivity index (χ0) is 18.9. The predicted molar refractivity (Wildman–Crippen MR) is 102 cm³/mol. The first kappa shape index (κ1) is 19.5. The summed E-state index contributed by atoms with van der Waals surface area (Å²) in [4.78, 5) is 23.9. The number of ether oxygens (including phenoxy) is 2. The fourth-order valence-corrected chi connectivity index (χ4v) is 2.18. The average molecular weight is 374 g/mol. The van der Waals surface area contributed by atoms with Crippen molar-refractivity contribution in [2.24, 2.45) is 0 Å². The van der Waals surface area contributed by atoms with E-state index in [1.54, 1.807) is 54.6 Å². The Labute approximate surface area is 157 Å². The highest BCUT2D eigenvalue weighted by molar-refractivity contribution is 6.30. The molecule has 26 heavy (non-hydrogen) atoms. The smallest absolute Gasteiger partial charge is 0.331 e. The monoisotopic (exact) mass is 373 g/mol. The van der Waals surface area contributed by atoms with E-state index < -0.39 is 18.0 Å². The van der Waals surface area contributed by atoms with Gasteiger partial charge in [0.25, 0.3) is 5.91 Å². The highest BCUT2D eigenvalue weighted by Gasteiger charge is 2.16. The Morgan fingerprint density at radius 3 is 2.38 bits per heavy atom. The molecule has 0 bridgehead atoms. The summed E-state index contributed by atoms with van der Waals surface area (Å²) in [7, 11) is 0. The zero-order valence-corrected chi connectivity index (χ0v) is 15.3. The van der Waals surface area contributed by atoms with Crippen LogP contribution in [0.1, 0.15) is 19.4 Å². The molecule has 2 rings (SSSR count). The number of nitrogens with one attached hydrogen (secondary N) is 1. The van der Waals surface area contributed by atoms with Crippen LogP contribution in [0.3, 0.4) is 0 Å². The molecule has 0 saturated heterocycles. The maximum atomic E-state index is 12.1. The minimum atomic E-state index is -0.927. The van der Waals surface area contributed by atoms with Gasteiger partial charge >= 0.3 is 5.97 Å². The van der Waals surface area contributed by atoms with E-state index >= 15 is 0 Å². The van der Waals surface area contributed by atoms with Gasteiger partial charge in [0, 0.05) is 16.8 Å². The van der Waals surface area contributed by atoms with Gasteiger partial charge in [-0.25, -0.2) is 4.79 Å². The summed E-state index contributed by atoms with van der Waals surface area (Å²) in [6.45, 7) is 3.98. The van der Waals surface area contributed by atoms with E-state index in [1.807, 2.05) is 6.92 Å². The Bertz CT molecular complexity index is 769. The molecule has 1 amide bonds. The van der Waals surface area contributed by atoms with Gasteiger partial charge in [-0.1, -0.05) is 23.7 Å². The molecule has 1 unspecified atom stereocenters. The standard InChI is InChI=1S/C20H20ClNO4/c1-3-25-18-11-9-17(10-12-18)22-20(24)14(2)26-19(23)13-6-15-4-7-16(21)8-5-15/h4-14H,3H2,1-2H3,(H,22,24). The van der Waals surface area contributed by atoms with Crippen LogP contribution in [-0.2, 0) is 14.3 Å². The van der Waals surface area contributed by atoms with Gasteiger partial charge in [-0.15, -0.1) is 0 Å². The summed E-state index contributed by atoms with van der Waals surface area (Å²) in [5, 5.41) is 3.30. The molecule has 5 nitrogen and oxygen atoms in total. The fraction of sp³-hybridized carbons (Fsp3) is 0.200. The molecular weight excluding hydrogens is 354 g/mol. The molecule has 2 aromatic rings. The molecule has 0 fully saturated rings. The van der Waals surface area contributed by atoms with Gasteiger partial charge in [0.15, 0.2) is 6.10 Å². The molecular formula is C20H20ClNO4. The number of carbonyl (C=O) groups is 2. The first-order chi connectivity index (χ1) is 12.5. The summed E-state index contributed by atoms with van der Waals surface area (Å²) >= 11 is 5.80. The van der Waals surface area contributed by atoms with Gasteiger partial charge in [-0.05, 0) is 61.9 Å². The molecule has 0 aromatic heterocycles. The second kappa shape index (κ2) is 9.63. The number of carbonyl (C=O) groups excluding carboxylic acids is 2. The van der Waals surface area contributed by atoms with Crippen LogP contribution in [0.2, 0.25) is 5.02 Å². The molecule has 1 atom stereocenters. The lowest BCUT2D eigenvalue weighted by Gasteiger charge is -2.12. The van der Waals surface area contributed by atoms with Crippen molar-refractivity contribution >= 4 is 35.2 Å². The van der Waals surface area contributed by atoms with Crippen molar-refractivity contribution in [3.05, 3.63) is 65.2 Å². The van der Waals surface area contributed by atoms with Crippen LogP contribution in [0.15, 0.2) is 54.6 Å². The summed E-state index contributed by atoms with van der Waals surface area (Å²) in [6, 6.07) is 13.9. The Morgan fingerprint density at radius 2 is 1.77 bits per heavy atom. The molecule has 136 valence electrons. The lowest BCUT2D eigenvalue weighted by Crippen LogP contribution is -2.29. The van der Waals surface area contributed by atoms with E-state index in [0.29, 0.717) is 17.3 Å². The third-order valence-electron chi connectivity index (χ3n) is 3.38. The number of esters is 1. The number of hydrogen-bond donors (Lipinski definition) is 1. The van der Waals surface area contributed by atoms with Crippen molar-refractivity contribution in [1.29, 1.82) is 0 Å². The normalized spacial score (nSPS) is 11.8. The Balaban J connectivity index is 1.85. The molecule has 0 aliphatic rings. The molecule has 6 heteroatoms. The molecule has 0 aliphatic carbocycles. The first-order valence-electron chi connectivity index (χ1n) is 8.16. The summed E-state index contributed by atoms with van der Waals surface area (Å²) < 4.78 is 10.4. The average Bonchev–Trinajstić information content (AvgIpc) is 2.63. The Morgan fingerprint density at radius 1 is 1.12 bits per heavy atom. The van der Waals surface area contributed by atoms with E-state index in [2.05, 4.69) is 5.32 Å². The van der Waals surface area contributed by atoms with E-state index in [-0.39, 0.29) is 0 Å². The number of rotatable bonds is 7. The van der Waals surface area contributed by atoms with Crippen LogP contribution in [-0.4, -0.2) is 24.6 Å². The molecule has 0 heterocycles. The van der Waals surface area contributed by atoms with Crippen molar-refractivity contribution in [3.8, 4) is 5.75 Å². The maximum absolute atomic E-state index is 12.1. The van der Waals surface area contributed by atoms with Crippen LogP contribution < -0.4 is 10.1 Å². The van der Waals surface area contributed by atoms with Gasteiger partial charge < -0.3 is 14.8 Å². The summed E-state index contributed by atoms with van der Waals surface area (Å²) in [6.07, 6.45) is 1.93. The van der Waals surface area contributed by atoms with Crippen molar-refractivity contribution in [2.75, 3.05) is 11.9 Å². The number of halogens is 1. The van der Waals surface area contributed by atoms with Crippen LogP contribution in [0.25, 0.3) is 6.08 Å². The van der Waals surface area contributed by atoms with Crippen LogP contribution in [0.4, 0.5) is 5.69 Å². The van der Waals surface area contributed by atoms with Crippen LogP contribution in [0, 0.1) is 0 Å². The van der Waals surface area contributed by atoms with Gasteiger partial charge in [-0.3, -0.25) is 4.79 Å². The molecule has 0 spiro atoms. The van der Waals surface area contributed by atoms with Crippen LogP contribution in [0.5, 0.6) is 5.75 Å². The minimum absolute atomic E-state index is 0.414. The van der Waals surface area contributed by atoms with Crippen molar-refractivity contribution in [3.63, 3.8) is 0 Å². The fourth-order valence-electron chi connectivity index (χ4n) is 2.05. The number of hydrogen-bond acceptors (Lipinski definition) is 4. The third kappa shape index (κ3) is 6.26. The second-order valence-electron chi connectivity index (χ2n) is 5.41. The SMILES string of the molecule is CCOc1ccc(NC(=O)C(C)OC(=O)C=Cc2ccc(Cl)cc2)cc1. The highest BCUT2D eigenvalue weighted by atomic mass is 35.5. The van der Waals surface area contributed by atoms with E-state index in [1.165, 1.54) is 13.0 Å². The topological polar surface area (TPSA) is 64.6 Å². The van der Waals surface area contributed by atoms with Crippen molar-refractivity contribution in [1.82, 2.24) is 0 Å². The second-order valence-corrected chi connectivity index (χ2v) is 5.85. The Kier molecular flexibility index (Phi) is 7.24. The number of anilines is 1. The zero-order valence-electron chi connectivity index (χ0n) is 14.6. The van der Waals surface area contributed by atoms with E-state index in [4.69, 9.17) is 21.1 Å².